The monoisotopic (exact) mass is 361 g/mol. The lowest BCUT2D eigenvalue weighted by Crippen LogP contribution is -2.34. The molecule has 2 N–H and O–H groups in total. The molecule has 0 aliphatic carbocycles. The van der Waals surface area contributed by atoms with Crippen LogP contribution in [0.1, 0.15) is 49.4 Å². The van der Waals surface area contributed by atoms with E-state index >= 15 is 0 Å². The molecule has 5 nitrogen and oxygen atoms in total. The summed E-state index contributed by atoms with van der Waals surface area (Å²) in [6.07, 6.45) is 0.00734. The summed E-state index contributed by atoms with van der Waals surface area (Å²) >= 11 is 1.49. The number of fused-ring (bicyclic) bond motifs is 1. The molecule has 2 amide bonds. The predicted octanol–water partition coefficient (Wildman–Crippen LogP) is 3.32. The van der Waals surface area contributed by atoms with E-state index in [1.165, 1.54) is 29.5 Å². The number of carbonyl (C=O) groups excluding carboxylic acids is 2. The van der Waals surface area contributed by atoms with Gasteiger partial charge in [0.2, 0.25) is 11.8 Å². The first-order chi connectivity index (χ1) is 11.7. The summed E-state index contributed by atoms with van der Waals surface area (Å²) < 4.78 is 13.5. The highest BCUT2D eigenvalue weighted by molar-refractivity contribution is 7.09. The van der Waals surface area contributed by atoms with Crippen molar-refractivity contribution in [2.75, 3.05) is 5.32 Å². The van der Waals surface area contributed by atoms with Gasteiger partial charge in [0.1, 0.15) is 10.8 Å². The van der Waals surface area contributed by atoms with E-state index in [-0.39, 0.29) is 23.7 Å². The third-order valence-electron chi connectivity index (χ3n) is 4.10. The molecule has 7 heteroatoms. The lowest BCUT2D eigenvalue weighted by Gasteiger charge is -2.24. The highest BCUT2D eigenvalue weighted by atomic mass is 32.1. The van der Waals surface area contributed by atoms with Gasteiger partial charge in [-0.1, -0.05) is 20.8 Å². The van der Waals surface area contributed by atoms with E-state index in [0.29, 0.717) is 17.8 Å². The number of carbonyl (C=O) groups is 2. The van der Waals surface area contributed by atoms with E-state index in [2.05, 4.69) is 36.4 Å². The standard InChI is InChI=1S/C18H20FN3O2S/c1-18(2,3)14-9-25-16(22-14)8-20-17(24)12-7-15(23)21-13-5-4-10(19)6-11(12)13/h4-6,9,12H,7-8H2,1-3H3,(H,20,24)(H,21,23). The van der Waals surface area contributed by atoms with Crippen molar-refractivity contribution in [1.29, 1.82) is 0 Å². The Hall–Kier alpha value is -2.28. The molecule has 1 aliphatic heterocycles. The third-order valence-corrected chi connectivity index (χ3v) is 4.95. The number of hydrogen-bond acceptors (Lipinski definition) is 4. The number of benzene rings is 1. The quantitative estimate of drug-likeness (QED) is 0.881. The molecular formula is C18H20FN3O2S. The Labute approximate surface area is 149 Å². The van der Waals surface area contributed by atoms with E-state index in [4.69, 9.17) is 0 Å². The minimum absolute atomic E-state index is 0.00734. The molecule has 1 aromatic heterocycles. The number of aromatic nitrogens is 1. The third kappa shape index (κ3) is 3.87. The summed E-state index contributed by atoms with van der Waals surface area (Å²) in [6.45, 7) is 6.53. The smallest absolute Gasteiger partial charge is 0.228 e. The molecule has 0 radical (unpaired) electrons. The average molecular weight is 361 g/mol. The van der Waals surface area contributed by atoms with Gasteiger partial charge in [0.05, 0.1) is 18.2 Å². The van der Waals surface area contributed by atoms with Crippen LogP contribution in [-0.4, -0.2) is 16.8 Å². The van der Waals surface area contributed by atoms with Crippen LogP contribution in [0.5, 0.6) is 0 Å². The van der Waals surface area contributed by atoms with E-state index in [9.17, 15) is 14.0 Å². The SMILES string of the molecule is CC(C)(C)c1csc(CNC(=O)C2CC(=O)Nc3ccc(F)cc32)n1. The Balaban J connectivity index is 1.73. The van der Waals surface area contributed by atoms with E-state index in [0.717, 1.165) is 10.7 Å². The number of anilines is 1. The summed E-state index contributed by atoms with van der Waals surface area (Å²) in [4.78, 5) is 28.9. The average Bonchev–Trinajstić information content (AvgIpc) is 3.01. The number of hydrogen-bond donors (Lipinski definition) is 2. The van der Waals surface area contributed by atoms with Crippen molar-refractivity contribution >= 4 is 28.8 Å². The largest absolute Gasteiger partial charge is 0.349 e. The first-order valence-electron chi connectivity index (χ1n) is 8.06. The zero-order chi connectivity index (χ0) is 18.2. The lowest BCUT2D eigenvalue weighted by molar-refractivity contribution is -0.126. The van der Waals surface area contributed by atoms with Gasteiger partial charge in [-0.2, -0.15) is 0 Å². The van der Waals surface area contributed by atoms with Crippen LogP contribution in [0.25, 0.3) is 0 Å². The molecule has 1 aliphatic rings. The van der Waals surface area contributed by atoms with E-state index in [1.807, 2.05) is 5.38 Å². The molecule has 0 bridgehead atoms. The summed E-state index contributed by atoms with van der Waals surface area (Å²) in [7, 11) is 0. The molecule has 1 unspecified atom stereocenters. The van der Waals surface area contributed by atoms with Crippen LogP contribution >= 0.6 is 11.3 Å². The number of nitrogens with zero attached hydrogens (tertiary/aromatic N) is 1. The molecule has 1 aromatic carbocycles. The summed E-state index contributed by atoms with van der Waals surface area (Å²) in [6, 6.07) is 4.06. The van der Waals surface area contributed by atoms with Gasteiger partial charge in [0.15, 0.2) is 0 Å². The van der Waals surface area contributed by atoms with Gasteiger partial charge in [-0.3, -0.25) is 9.59 Å². The van der Waals surface area contributed by atoms with E-state index in [1.54, 1.807) is 0 Å². The second-order valence-corrected chi connectivity index (χ2v) is 8.07. The Kier molecular flexibility index (Phi) is 4.60. The van der Waals surface area contributed by atoms with Crippen LogP contribution in [0, 0.1) is 5.82 Å². The van der Waals surface area contributed by atoms with Gasteiger partial charge >= 0.3 is 0 Å². The van der Waals surface area contributed by atoms with Crippen LogP contribution in [-0.2, 0) is 21.5 Å². The fraction of sp³-hybridized carbons (Fsp3) is 0.389. The second kappa shape index (κ2) is 6.55. The van der Waals surface area contributed by atoms with Crippen LogP contribution in [0.2, 0.25) is 0 Å². The first kappa shape index (κ1) is 17.5. The molecule has 25 heavy (non-hydrogen) atoms. The van der Waals surface area contributed by atoms with Gasteiger partial charge < -0.3 is 10.6 Å². The molecule has 132 valence electrons. The van der Waals surface area contributed by atoms with Crippen molar-refractivity contribution < 1.29 is 14.0 Å². The van der Waals surface area contributed by atoms with Gasteiger partial charge in [-0.15, -0.1) is 11.3 Å². The molecule has 2 aromatic rings. The van der Waals surface area contributed by atoms with Crippen molar-refractivity contribution in [3.8, 4) is 0 Å². The summed E-state index contributed by atoms with van der Waals surface area (Å²) in [5.74, 6) is -1.67. The van der Waals surface area contributed by atoms with Gasteiger partial charge in [0, 0.05) is 22.9 Å². The Morgan fingerprint density at radius 3 is 2.88 bits per heavy atom. The number of amides is 2. The number of halogens is 1. The minimum Gasteiger partial charge on any atom is -0.349 e. The van der Waals surface area contributed by atoms with Gasteiger partial charge in [0.25, 0.3) is 0 Å². The molecule has 1 atom stereocenters. The minimum atomic E-state index is -0.693. The van der Waals surface area contributed by atoms with Gasteiger partial charge in [-0.25, -0.2) is 9.37 Å². The van der Waals surface area contributed by atoms with Crippen LogP contribution in [0.3, 0.4) is 0 Å². The van der Waals surface area contributed by atoms with E-state index < -0.39 is 11.7 Å². The normalized spacial score (nSPS) is 17.0. The molecular weight excluding hydrogens is 341 g/mol. The molecule has 0 saturated carbocycles. The molecule has 0 fully saturated rings. The maximum Gasteiger partial charge on any atom is 0.228 e. The maximum absolute atomic E-state index is 13.5. The summed E-state index contributed by atoms with van der Waals surface area (Å²) in [5.41, 5.74) is 1.93. The van der Waals surface area contributed by atoms with Crippen molar-refractivity contribution in [2.45, 2.75) is 45.1 Å². The molecule has 0 saturated heterocycles. The first-order valence-corrected chi connectivity index (χ1v) is 8.94. The van der Waals surface area contributed by atoms with Crippen molar-refractivity contribution in [2.24, 2.45) is 0 Å². The number of rotatable bonds is 3. The fourth-order valence-corrected chi connectivity index (χ4v) is 3.65. The summed E-state index contributed by atoms with van der Waals surface area (Å²) in [5, 5.41) is 8.28. The zero-order valence-electron chi connectivity index (χ0n) is 14.4. The topological polar surface area (TPSA) is 71.1 Å². The van der Waals surface area contributed by atoms with Crippen molar-refractivity contribution in [3.05, 3.63) is 45.7 Å². The van der Waals surface area contributed by atoms with Crippen molar-refractivity contribution in [1.82, 2.24) is 10.3 Å². The van der Waals surface area contributed by atoms with Crippen LogP contribution < -0.4 is 10.6 Å². The molecule has 2 heterocycles. The highest BCUT2D eigenvalue weighted by Crippen LogP contribution is 2.33. The fourth-order valence-electron chi connectivity index (χ4n) is 2.69. The molecule has 3 rings (SSSR count). The van der Waals surface area contributed by atoms with Gasteiger partial charge in [-0.05, 0) is 23.8 Å². The van der Waals surface area contributed by atoms with Crippen LogP contribution in [0.4, 0.5) is 10.1 Å². The van der Waals surface area contributed by atoms with Crippen molar-refractivity contribution in [3.63, 3.8) is 0 Å². The second-order valence-electron chi connectivity index (χ2n) is 7.13. The Morgan fingerprint density at radius 1 is 1.44 bits per heavy atom. The zero-order valence-corrected chi connectivity index (χ0v) is 15.2. The maximum atomic E-state index is 13.5. The highest BCUT2D eigenvalue weighted by Gasteiger charge is 2.31. The predicted molar refractivity (Wildman–Crippen MR) is 95.0 cm³/mol. The lowest BCUT2D eigenvalue weighted by atomic mass is 9.89. The number of nitrogens with one attached hydrogen (secondary N) is 2. The van der Waals surface area contributed by atoms with Crippen LogP contribution in [0.15, 0.2) is 23.6 Å². The number of thiazole rings is 1. The Morgan fingerprint density at radius 2 is 2.20 bits per heavy atom. The Bertz CT molecular complexity index is 826. The molecule has 0 spiro atoms.